The highest BCUT2D eigenvalue weighted by molar-refractivity contribution is 7.98. The molecular weight excluding hydrogens is 416 g/mol. The van der Waals surface area contributed by atoms with Crippen LogP contribution in [0, 0.1) is 20.8 Å². The first-order valence-corrected chi connectivity index (χ1v) is 11.6. The maximum Gasteiger partial charge on any atom is 0.247 e. The van der Waals surface area contributed by atoms with Gasteiger partial charge in [0.2, 0.25) is 11.0 Å². The number of aryl methyl sites for hydroxylation is 3. The van der Waals surface area contributed by atoms with E-state index in [1.54, 1.807) is 11.8 Å². The molecule has 2 heterocycles. The molecule has 0 unspecified atom stereocenters. The average Bonchev–Trinajstić information content (AvgIpc) is 2.96. The molecule has 6 heteroatoms. The Balaban J connectivity index is 1.50. The van der Waals surface area contributed by atoms with Gasteiger partial charge in [-0.3, -0.25) is 0 Å². The van der Waals surface area contributed by atoms with Crippen molar-refractivity contribution in [3.63, 3.8) is 0 Å². The zero-order chi connectivity index (χ0) is 22.1. The van der Waals surface area contributed by atoms with Crippen molar-refractivity contribution in [2.45, 2.75) is 37.9 Å². The Morgan fingerprint density at radius 1 is 0.906 bits per heavy atom. The topological polar surface area (TPSA) is 59.9 Å². The summed E-state index contributed by atoms with van der Waals surface area (Å²) in [5.41, 5.74) is 8.44. The summed E-state index contributed by atoms with van der Waals surface area (Å²) in [4.78, 5) is 4.76. The van der Waals surface area contributed by atoms with Crippen molar-refractivity contribution in [2.75, 3.05) is 5.32 Å². The van der Waals surface area contributed by atoms with E-state index in [9.17, 15) is 0 Å². The Hall–Kier alpha value is -3.38. The van der Waals surface area contributed by atoms with Crippen LogP contribution in [0.25, 0.3) is 11.3 Å². The summed E-state index contributed by atoms with van der Waals surface area (Å²) >= 11 is 1.56. The molecule has 3 aromatic carbocycles. The van der Waals surface area contributed by atoms with Crippen LogP contribution in [-0.4, -0.2) is 15.2 Å². The zero-order valence-electron chi connectivity index (χ0n) is 18.3. The Morgan fingerprint density at radius 2 is 1.69 bits per heavy atom. The van der Waals surface area contributed by atoms with Gasteiger partial charge in [0.15, 0.2) is 11.9 Å². The van der Waals surface area contributed by atoms with E-state index < -0.39 is 0 Å². The predicted octanol–water partition coefficient (Wildman–Crippen LogP) is 6.26. The molecule has 1 atom stereocenters. The summed E-state index contributed by atoms with van der Waals surface area (Å²) in [5, 5.41) is 13.0. The van der Waals surface area contributed by atoms with E-state index >= 15 is 0 Å². The van der Waals surface area contributed by atoms with E-state index in [4.69, 9.17) is 9.72 Å². The lowest BCUT2D eigenvalue weighted by Crippen LogP contribution is -2.18. The molecule has 0 saturated heterocycles. The molecule has 0 bridgehead atoms. The normalized spacial score (nSPS) is 14.5. The monoisotopic (exact) mass is 440 g/mol. The molecule has 5 nitrogen and oxygen atoms in total. The Kier molecular flexibility index (Phi) is 5.53. The number of para-hydroxylation sites is 1. The van der Waals surface area contributed by atoms with E-state index in [1.165, 1.54) is 16.7 Å². The molecule has 0 spiro atoms. The first-order valence-electron chi connectivity index (χ1n) is 10.6. The summed E-state index contributed by atoms with van der Waals surface area (Å²) < 4.78 is 6.43. The molecule has 1 N–H and O–H groups in total. The lowest BCUT2D eigenvalue weighted by molar-refractivity contribution is 0.224. The lowest BCUT2D eigenvalue weighted by Gasteiger charge is -2.21. The van der Waals surface area contributed by atoms with Crippen molar-refractivity contribution in [1.29, 1.82) is 0 Å². The van der Waals surface area contributed by atoms with Gasteiger partial charge in [0, 0.05) is 22.6 Å². The average molecular weight is 441 g/mol. The number of ether oxygens (including phenoxy) is 1. The van der Waals surface area contributed by atoms with Crippen LogP contribution in [0.3, 0.4) is 0 Å². The number of hydrogen-bond donors (Lipinski definition) is 1. The van der Waals surface area contributed by atoms with Gasteiger partial charge in [-0.15, -0.1) is 10.2 Å². The van der Waals surface area contributed by atoms with Gasteiger partial charge in [-0.1, -0.05) is 83.6 Å². The van der Waals surface area contributed by atoms with Gasteiger partial charge in [-0.2, -0.15) is 4.98 Å². The standard InChI is InChI=1S/C26H24N4OS/c1-16-9-12-19(13-10-16)15-32-26-28-25-23(29-30-26)20-6-4-5-7-22(20)27-24(31-25)21-14-17(2)8-11-18(21)3/h4-14,24,27H,15H2,1-3H3/t24-/m0/s1. The third-order valence-electron chi connectivity index (χ3n) is 5.54. The fraction of sp³-hybridized carbons (Fsp3) is 0.192. The first kappa shape index (κ1) is 20.5. The van der Waals surface area contributed by atoms with Crippen LogP contribution in [0.2, 0.25) is 0 Å². The van der Waals surface area contributed by atoms with Crippen molar-refractivity contribution in [2.24, 2.45) is 0 Å². The zero-order valence-corrected chi connectivity index (χ0v) is 19.1. The second-order valence-corrected chi connectivity index (χ2v) is 9.01. The molecule has 5 rings (SSSR count). The summed E-state index contributed by atoms with van der Waals surface area (Å²) in [6, 6.07) is 22.9. The van der Waals surface area contributed by atoms with Crippen LogP contribution < -0.4 is 10.1 Å². The largest absolute Gasteiger partial charge is 0.448 e. The maximum absolute atomic E-state index is 6.43. The third kappa shape index (κ3) is 4.18. The van der Waals surface area contributed by atoms with Gasteiger partial charge >= 0.3 is 0 Å². The van der Waals surface area contributed by atoms with Crippen LogP contribution in [0.5, 0.6) is 5.88 Å². The van der Waals surface area contributed by atoms with Crippen molar-refractivity contribution in [3.8, 4) is 17.1 Å². The number of thioether (sulfide) groups is 1. The molecule has 32 heavy (non-hydrogen) atoms. The molecule has 0 amide bonds. The Bertz CT molecular complexity index is 1270. The summed E-state index contributed by atoms with van der Waals surface area (Å²) in [7, 11) is 0. The number of rotatable bonds is 4. The van der Waals surface area contributed by atoms with Crippen molar-refractivity contribution in [3.05, 3.63) is 94.5 Å². The number of nitrogens with one attached hydrogen (secondary N) is 1. The van der Waals surface area contributed by atoms with Crippen LogP contribution >= 0.6 is 11.8 Å². The van der Waals surface area contributed by atoms with E-state index in [0.29, 0.717) is 16.7 Å². The molecule has 160 valence electrons. The van der Waals surface area contributed by atoms with E-state index in [0.717, 1.165) is 28.1 Å². The number of nitrogens with zero attached hydrogens (tertiary/aromatic N) is 3. The number of aromatic nitrogens is 3. The molecule has 0 fully saturated rings. The summed E-state index contributed by atoms with van der Waals surface area (Å²) in [5.74, 6) is 1.27. The highest BCUT2D eigenvalue weighted by Crippen LogP contribution is 2.40. The molecule has 1 aliphatic rings. The van der Waals surface area contributed by atoms with Gasteiger partial charge in [0.05, 0.1) is 0 Å². The van der Waals surface area contributed by atoms with Crippen molar-refractivity contribution in [1.82, 2.24) is 15.2 Å². The van der Waals surface area contributed by atoms with E-state index in [-0.39, 0.29) is 6.23 Å². The predicted molar refractivity (Wildman–Crippen MR) is 129 cm³/mol. The number of hydrogen-bond acceptors (Lipinski definition) is 6. The maximum atomic E-state index is 6.43. The van der Waals surface area contributed by atoms with Crippen LogP contribution in [0.4, 0.5) is 5.69 Å². The molecular formula is C26H24N4OS. The quantitative estimate of drug-likeness (QED) is 0.378. The Labute approximate surface area is 192 Å². The highest BCUT2D eigenvalue weighted by Gasteiger charge is 2.27. The second kappa shape index (κ2) is 8.63. The molecule has 0 aliphatic carbocycles. The fourth-order valence-corrected chi connectivity index (χ4v) is 4.46. The van der Waals surface area contributed by atoms with Crippen LogP contribution in [0.1, 0.15) is 34.0 Å². The fourth-order valence-electron chi connectivity index (χ4n) is 3.72. The van der Waals surface area contributed by atoms with Crippen molar-refractivity contribution >= 4 is 17.4 Å². The third-order valence-corrected chi connectivity index (χ3v) is 6.45. The lowest BCUT2D eigenvalue weighted by atomic mass is 10.0. The van der Waals surface area contributed by atoms with Gasteiger partial charge in [0.25, 0.3) is 0 Å². The summed E-state index contributed by atoms with van der Waals surface area (Å²) in [6.07, 6.45) is -0.371. The van der Waals surface area contributed by atoms with E-state index in [1.807, 2.05) is 24.3 Å². The highest BCUT2D eigenvalue weighted by atomic mass is 32.2. The Morgan fingerprint density at radius 3 is 2.53 bits per heavy atom. The van der Waals surface area contributed by atoms with Crippen molar-refractivity contribution < 1.29 is 4.74 Å². The number of fused-ring (bicyclic) bond motifs is 3. The molecule has 0 radical (unpaired) electrons. The van der Waals surface area contributed by atoms with Gasteiger partial charge < -0.3 is 10.1 Å². The minimum absolute atomic E-state index is 0.371. The number of benzene rings is 3. The van der Waals surface area contributed by atoms with Crippen LogP contribution in [0.15, 0.2) is 71.9 Å². The van der Waals surface area contributed by atoms with Gasteiger partial charge in [-0.25, -0.2) is 0 Å². The second-order valence-electron chi connectivity index (χ2n) is 8.07. The van der Waals surface area contributed by atoms with E-state index in [2.05, 4.69) is 78.7 Å². The molecule has 1 aromatic heterocycles. The smallest absolute Gasteiger partial charge is 0.247 e. The minimum Gasteiger partial charge on any atom is -0.448 e. The molecule has 0 saturated carbocycles. The summed E-state index contributed by atoms with van der Waals surface area (Å²) in [6.45, 7) is 6.27. The number of anilines is 1. The van der Waals surface area contributed by atoms with Crippen LogP contribution in [-0.2, 0) is 5.75 Å². The first-order chi connectivity index (χ1) is 15.6. The molecule has 1 aliphatic heterocycles. The SMILES string of the molecule is Cc1ccc(CSc2nnc3c(n2)O[C@@H](c2cc(C)ccc2C)Nc2ccccc2-3)cc1. The molecule has 4 aromatic rings. The van der Waals surface area contributed by atoms with Gasteiger partial charge in [-0.05, 0) is 38.0 Å². The van der Waals surface area contributed by atoms with Gasteiger partial charge in [0.1, 0.15) is 0 Å². The minimum atomic E-state index is -0.371.